The zero-order valence-corrected chi connectivity index (χ0v) is 21.2. The molecular weight excluding hydrogens is 547 g/mol. The lowest BCUT2D eigenvalue weighted by Gasteiger charge is -2.13. The molecule has 0 aliphatic heterocycles. The molecule has 41 heavy (non-hydrogen) atoms. The number of benzene rings is 3. The summed E-state index contributed by atoms with van der Waals surface area (Å²) in [5.41, 5.74) is 0.0461. The molecule has 0 saturated heterocycles. The number of ether oxygens (including phenoxy) is 1. The van der Waals surface area contributed by atoms with E-state index in [-0.39, 0.29) is 35.1 Å². The lowest BCUT2D eigenvalue weighted by Crippen LogP contribution is -2.23. The largest absolute Gasteiger partial charge is 0.424 e. The van der Waals surface area contributed by atoms with E-state index in [0.717, 1.165) is 36.4 Å². The van der Waals surface area contributed by atoms with E-state index in [9.17, 15) is 31.5 Å². The van der Waals surface area contributed by atoms with Gasteiger partial charge in [0.05, 0.1) is 16.9 Å². The van der Waals surface area contributed by atoms with Gasteiger partial charge in [0.15, 0.2) is 5.65 Å². The van der Waals surface area contributed by atoms with Crippen LogP contribution in [0.3, 0.4) is 0 Å². The summed E-state index contributed by atoms with van der Waals surface area (Å²) in [6.07, 6.45) is -4.50. The maximum atomic E-state index is 13.9. The molecular formula is C29H19F5N4O3. The van der Waals surface area contributed by atoms with Crippen LogP contribution >= 0.6 is 0 Å². The Labute approximate surface area is 228 Å². The van der Waals surface area contributed by atoms with Crippen molar-refractivity contribution in [1.29, 1.82) is 0 Å². The van der Waals surface area contributed by atoms with Crippen molar-refractivity contribution in [3.63, 3.8) is 0 Å². The number of carbonyl (C=O) groups is 1. The van der Waals surface area contributed by atoms with Gasteiger partial charge in [-0.1, -0.05) is 6.07 Å². The molecule has 0 atom stereocenters. The Kier molecular flexibility index (Phi) is 7.22. The molecule has 0 bridgehead atoms. The van der Waals surface area contributed by atoms with E-state index >= 15 is 0 Å². The van der Waals surface area contributed by atoms with Crippen molar-refractivity contribution < 1.29 is 31.5 Å². The average Bonchev–Trinajstić information content (AvgIpc) is 2.92. The molecule has 0 unspecified atom stereocenters. The third-order valence-corrected chi connectivity index (χ3v) is 6.15. The number of fused-ring (bicyclic) bond motifs is 1. The van der Waals surface area contributed by atoms with Crippen molar-refractivity contribution in [2.45, 2.75) is 19.6 Å². The molecule has 208 valence electrons. The van der Waals surface area contributed by atoms with E-state index < -0.39 is 34.8 Å². The van der Waals surface area contributed by atoms with Crippen LogP contribution in [0.15, 0.2) is 83.7 Å². The molecule has 0 saturated carbocycles. The SMILES string of the molecule is Cc1nc(Oc2ccc(C(F)(F)F)cc2)nc2c1ccc(=O)n2-c1ccc(C(=O)NCc2ccc(F)cc2F)cc1. The van der Waals surface area contributed by atoms with Crippen molar-refractivity contribution >= 4 is 16.9 Å². The van der Waals surface area contributed by atoms with Gasteiger partial charge in [0.2, 0.25) is 0 Å². The van der Waals surface area contributed by atoms with Gasteiger partial charge in [-0.3, -0.25) is 14.2 Å². The highest BCUT2D eigenvalue weighted by Gasteiger charge is 2.30. The smallest absolute Gasteiger partial charge is 0.416 e. The summed E-state index contributed by atoms with van der Waals surface area (Å²) in [5.74, 6) is -1.96. The number of pyridine rings is 1. The standard InChI is InChI=1S/C29H19F5N4O3/c1-16-23-12-13-25(39)38(26(23)37-28(36-16)41-22-10-5-19(6-11-22)29(32,33)34)21-8-3-17(4-9-21)27(40)35-15-18-2-7-20(30)14-24(18)31/h2-14H,15H2,1H3,(H,35,40). The van der Waals surface area contributed by atoms with Crippen LogP contribution in [-0.2, 0) is 12.7 Å². The third-order valence-electron chi connectivity index (χ3n) is 6.15. The van der Waals surface area contributed by atoms with Crippen molar-refractivity contribution in [2.24, 2.45) is 0 Å². The predicted molar refractivity (Wildman–Crippen MR) is 139 cm³/mol. The Morgan fingerprint density at radius 3 is 2.29 bits per heavy atom. The molecule has 7 nitrogen and oxygen atoms in total. The van der Waals surface area contributed by atoms with Gasteiger partial charge in [-0.25, -0.2) is 8.78 Å². The number of rotatable bonds is 6. The van der Waals surface area contributed by atoms with E-state index in [1.54, 1.807) is 13.0 Å². The first-order valence-electron chi connectivity index (χ1n) is 12.1. The first-order valence-corrected chi connectivity index (χ1v) is 12.1. The molecule has 0 fully saturated rings. The van der Waals surface area contributed by atoms with Crippen molar-refractivity contribution in [3.8, 4) is 17.4 Å². The Bertz CT molecular complexity index is 1820. The van der Waals surface area contributed by atoms with Crippen molar-refractivity contribution in [3.05, 3.63) is 123 Å². The van der Waals surface area contributed by atoms with Crippen LogP contribution in [-0.4, -0.2) is 20.4 Å². The second-order valence-corrected chi connectivity index (χ2v) is 8.93. The Morgan fingerprint density at radius 1 is 0.927 bits per heavy atom. The number of hydrogen-bond acceptors (Lipinski definition) is 5. The topological polar surface area (TPSA) is 86.1 Å². The number of amides is 1. The van der Waals surface area contributed by atoms with Crippen LogP contribution in [0.1, 0.15) is 27.2 Å². The first-order chi connectivity index (χ1) is 19.5. The van der Waals surface area contributed by atoms with Gasteiger partial charge in [-0.05, 0) is 67.6 Å². The minimum absolute atomic E-state index is 0.0671. The lowest BCUT2D eigenvalue weighted by atomic mass is 10.1. The van der Waals surface area contributed by atoms with Crippen LogP contribution < -0.4 is 15.6 Å². The highest BCUT2D eigenvalue weighted by atomic mass is 19.4. The van der Waals surface area contributed by atoms with Gasteiger partial charge in [0.25, 0.3) is 11.5 Å². The normalized spacial score (nSPS) is 11.5. The summed E-state index contributed by atoms with van der Waals surface area (Å²) >= 11 is 0. The van der Waals surface area contributed by atoms with Gasteiger partial charge in [-0.15, -0.1) is 0 Å². The number of halogens is 5. The fourth-order valence-corrected chi connectivity index (χ4v) is 4.06. The number of aryl methyl sites for hydroxylation is 1. The van der Waals surface area contributed by atoms with E-state index in [0.29, 0.717) is 16.8 Å². The van der Waals surface area contributed by atoms with Crippen molar-refractivity contribution in [1.82, 2.24) is 19.9 Å². The van der Waals surface area contributed by atoms with Crippen LogP contribution in [0.2, 0.25) is 0 Å². The number of aromatic nitrogens is 3. The highest BCUT2D eigenvalue weighted by molar-refractivity contribution is 5.94. The summed E-state index contributed by atoms with van der Waals surface area (Å²) < 4.78 is 72.5. The number of nitrogens with zero attached hydrogens (tertiary/aromatic N) is 3. The van der Waals surface area contributed by atoms with E-state index in [4.69, 9.17) is 4.74 Å². The third kappa shape index (κ3) is 5.91. The molecule has 0 aliphatic carbocycles. The van der Waals surface area contributed by atoms with Gasteiger partial charge in [-0.2, -0.15) is 23.1 Å². The van der Waals surface area contributed by atoms with Crippen LogP contribution in [0.25, 0.3) is 16.7 Å². The monoisotopic (exact) mass is 566 g/mol. The minimum Gasteiger partial charge on any atom is -0.424 e. The van der Waals surface area contributed by atoms with E-state index in [1.165, 1.54) is 41.0 Å². The van der Waals surface area contributed by atoms with Gasteiger partial charge >= 0.3 is 12.2 Å². The van der Waals surface area contributed by atoms with Gasteiger partial charge in [0, 0.05) is 35.2 Å². The number of carbonyl (C=O) groups excluding carboxylic acids is 1. The maximum absolute atomic E-state index is 13.9. The first kappa shape index (κ1) is 27.4. The van der Waals surface area contributed by atoms with Gasteiger partial charge in [0.1, 0.15) is 17.4 Å². The van der Waals surface area contributed by atoms with Crippen LogP contribution in [0.5, 0.6) is 11.8 Å². The molecule has 12 heteroatoms. The quantitative estimate of drug-likeness (QED) is 0.251. The summed E-state index contributed by atoms with van der Waals surface area (Å²) in [6.45, 7) is 1.50. The molecule has 5 rings (SSSR count). The second-order valence-electron chi connectivity index (χ2n) is 8.93. The fraction of sp³-hybridized carbons (Fsp3) is 0.103. The van der Waals surface area contributed by atoms with E-state index in [2.05, 4.69) is 15.3 Å². The Morgan fingerprint density at radius 2 is 1.63 bits per heavy atom. The summed E-state index contributed by atoms with van der Waals surface area (Å²) in [5, 5.41) is 3.08. The zero-order chi connectivity index (χ0) is 29.3. The summed E-state index contributed by atoms with van der Waals surface area (Å²) in [6, 6.07) is 15.7. The number of hydrogen-bond donors (Lipinski definition) is 1. The van der Waals surface area contributed by atoms with Gasteiger partial charge < -0.3 is 10.1 Å². The average molecular weight is 566 g/mol. The second kappa shape index (κ2) is 10.8. The fourth-order valence-electron chi connectivity index (χ4n) is 4.06. The van der Waals surface area contributed by atoms with Crippen LogP contribution in [0, 0.1) is 18.6 Å². The minimum atomic E-state index is -4.50. The molecule has 3 aromatic carbocycles. The Balaban J connectivity index is 1.41. The molecule has 0 radical (unpaired) electrons. The maximum Gasteiger partial charge on any atom is 0.416 e. The van der Waals surface area contributed by atoms with Crippen molar-refractivity contribution in [2.75, 3.05) is 0 Å². The summed E-state index contributed by atoms with van der Waals surface area (Å²) in [4.78, 5) is 34.1. The highest BCUT2D eigenvalue weighted by Crippen LogP contribution is 2.31. The molecule has 1 N–H and O–H groups in total. The Hall–Kier alpha value is -5.13. The van der Waals surface area contributed by atoms with E-state index in [1.807, 2.05) is 0 Å². The molecule has 0 aliphatic rings. The van der Waals surface area contributed by atoms with Crippen LogP contribution in [0.4, 0.5) is 22.0 Å². The molecule has 5 aromatic rings. The number of nitrogens with one attached hydrogen (secondary N) is 1. The lowest BCUT2D eigenvalue weighted by molar-refractivity contribution is -0.137. The molecule has 2 aromatic heterocycles. The molecule has 0 spiro atoms. The zero-order valence-electron chi connectivity index (χ0n) is 21.2. The molecule has 1 amide bonds. The number of alkyl halides is 3. The predicted octanol–water partition coefficient (Wildman–Crippen LogP) is 6.11. The molecule has 2 heterocycles. The summed E-state index contributed by atoms with van der Waals surface area (Å²) in [7, 11) is 0.